The molecule has 0 bridgehead atoms. The number of anilines is 1. The largest absolute Gasteiger partial charge is 0.508 e. The number of aromatic hydroxyl groups is 1. The molecule has 0 spiro atoms. The Morgan fingerprint density at radius 3 is 2.94 bits per heavy atom. The lowest BCUT2D eigenvalue weighted by Gasteiger charge is -2.43. The molecule has 1 aromatic carbocycles. The first-order valence-corrected chi connectivity index (χ1v) is 5.94. The van der Waals surface area contributed by atoms with Crippen LogP contribution in [0.25, 0.3) is 0 Å². The zero-order valence-electron chi connectivity index (χ0n) is 10.2. The average molecular weight is 237 g/mol. The van der Waals surface area contributed by atoms with E-state index in [1.165, 1.54) is 0 Å². The summed E-state index contributed by atoms with van der Waals surface area (Å²) >= 11 is 0. The van der Waals surface area contributed by atoms with Gasteiger partial charge in [-0.25, -0.2) is 0 Å². The maximum absolute atomic E-state index is 9.38. The van der Waals surface area contributed by atoms with Gasteiger partial charge in [0.2, 0.25) is 0 Å². The first-order chi connectivity index (χ1) is 8.24. The van der Waals surface area contributed by atoms with Gasteiger partial charge >= 0.3 is 0 Å². The van der Waals surface area contributed by atoms with Crippen LogP contribution in [0.2, 0.25) is 0 Å². The van der Waals surface area contributed by atoms with E-state index in [9.17, 15) is 5.11 Å². The van der Waals surface area contributed by atoms with Crippen molar-refractivity contribution in [1.29, 1.82) is 0 Å². The fourth-order valence-electron chi connectivity index (χ4n) is 2.23. The molecule has 3 unspecified atom stereocenters. The van der Waals surface area contributed by atoms with Crippen LogP contribution >= 0.6 is 0 Å². The Morgan fingerprint density at radius 2 is 2.29 bits per heavy atom. The molecule has 2 rings (SSSR count). The Kier molecular flexibility index (Phi) is 3.86. The van der Waals surface area contributed by atoms with Crippen LogP contribution in [-0.4, -0.2) is 37.1 Å². The predicted octanol–water partition coefficient (Wildman–Crippen LogP) is 2.00. The van der Waals surface area contributed by atoms with E-state index in [0.29, 0.717) is 6.61 Å². The van der Waals surface area contributed by atoms with Crippen LogP contribution in [-0.2, 0) is 9.47 Å². The van der Waals surface area contributed by atoms with Crippen molar-refractivity contribution in [1.82, 2.24) is 0 Å². The topological polar surface area (TPSA) is 50.7 Å². The van der Waals surface area contributed by atoms with Gasteiger partial charge in [0.1, 0.15) is 11.9 Å². The fraction of sp³-hybridized carbons (Fsp3) is 0.538. The van der Waals surface area contributed by atoms with Crippen LogP contribution < -0.4 is 5.32 Å². The van der Waals surface area contributed by atoms with Crippen molar-refractivity contribution in [2.45, 2.75) is 31.6 Å². The number of nitrogens with one attached hydrogen (secondary N) is 1. The van der Waals surface area contributed by atoms with Crippen molar-refractivity contribution in [2.75, 3.05) is 19.0 Å². The molecule has 1 fully saturated rings. The third kappa shape index (κ3) is 2.70. The van der Waals surface area contributed by atoms with Crippen molar-refractivity contribution >= 4 is 5.69 Å². The number of methoxy groups -OCH3 is 1. The lowest BCUT2D eigenvalue weighted by atomic mass is 9.85. The number of hydrogen-bond donors (Lipinski definition) is 2. The maximum Gasteiger partial charge on any atom is 0.117 e. The summed E-state index contributed by atoms with van der Waals surface area (Å²) in [6, 6.07) is 7.36. The van der Waals surface area contributed by atoms with Gasteiger partial charge in [-0.05, 0) is 25.5 Å². The molecule has 3 atom stereocenters. The second-order valence-electron chi connectivity index (χ2n) is 4.23. The normalized spacial score (nSPS) is 27.5. The Morgan fingerprint density at radius 1 is 1.47 bits per heavy atom. The highest BCUT2D eigenvalue weighted by Crippen LogP contribution is 2.30. The van der Waals surface area contributed by atoms with Gasteiger partial charge in [-0.1, -0.05) is 6.07 Å². The van der Waals surface area contributed by atoms with Gasteiger partial charge in [-0.2, -0.15) is 0 Å². The second kappa shape index (κ2) is 5.38. The second-order valence-corrected chi connectivity index (χ2v) is 4.23. The number of benzene rings is 1. The van der Waals surface area contributed by atoms with Gasteiger partial charge in [0.15, 0.2) is 0 Å². The molecule has 0 aromatic heterocycles. The molecule has 4 nitrogen and oxygen atoms in total. The molecular weight excluding hydrogens is 218 g/mol. The summed E-state index contributed by atoms with van der Waals surface area (Å²) in [5.41, 5.74) is 0.909. The van der Waals surface area contributed by atoms with Crippen molar-refractivity contribution < 1.29 is 14.6 Å². The van der Waals surface area contributed by atoms with E-state index in [4.69, 9.17) is 9.47 Å². The smallest absolute Gasteiger partial charge is 0.117 e. The molecule has 0 radical (unpaired) electrons. The number of ether oxygens (including phenoxy) is 2. The Labute approximate surface area is 102 Å². The summed E-state index contributed by atoms with van der Waals surface area (Å²) in [6.45, 7) is 2.70. The van der Waals surface area contributed by atoms with Crippen LogP contribution in [0.4, 0.5) is 5.69 Å². The van der Waals surface area contributed by atoms with Gasteiger partial charge in [0.05, 0.1) is 12.1 Å². The van der Waals surface area contributed by atoms with Crippen molar-refractivity contribution in [3.8, 4) is 5.75 Å². The van der Waals surface area contributed by atoms with Crippen LogP contribution in [0.3, 0.4) is 0 Å². The molecule has 4 heteroatoms. The minimum absolute atomic E-state index is 0.0808. The van der Waals surface area contributed by atoms with E-state index >= 15 is 0 Å². The number of rotatable bonds is 5. The lowest BCUT2D eigenvalue weighted by Crippen LogP contribution is -2.56. The van der Waals surface area contributed by atoms with Crippen LogP contribution in [0.15, 0.2) is 24.3 Å². The summed E-state index contributed by atoms with van der Waals surface area (Å²) in [6.07, 6.45) is 1.19. The molecule has 0 amide bonds. The molecule has 0 aliphatic heterocycles. The van der Waals surface area contributed by atoms with Gasteiger partial charge in [-0.3, -0.25) is 0 Å². The number of phenols is 1. The van der Waals surface area contributed by atoms with E-state index < -0.39 is 0 Å². The van der Waals surface area contributed by atoms with Gasteiger partial charge in [-0.15, -0.1) is 0 Å². The number of hydrogen-bond acceptors (Lipinski definition) is 4. The highest BCUT2D eigenvalue weighted by atomic mass is 16.5. The number of phenolic OH excluding ortho intramolecular Hbond substituents is 1. The third-order valence-electron chi connectivity index (χ3n) is 3.10. The van der Waals surface area contributed by atoms with Crippen molar-refractivity contribution in [3.05, 3.63) is 24.3 Å². The fourth-order valence-corrected chi connectivity index (χ4v) is 2.23. The maximum atomic E-state index is 9.38. The van der Waals surface area contributed by atoms with Gasteiger partial charge in [0.25, 0.3) is 0 Å². The highest BCUT2D eigenvalue weighted by Gasteiger charge is 2.42. The van der Waals surface area contributed by atoms with Crippen molar-refractivity contribution in [2.24, 2.45) is 0 Å². The van der Waals surface area contributed by atoms with E-state index in [1.54, 1.807) is 19.2 Å². The molecule has 1 aliphatic rings. The predicted molar refractivity (Wildman–Crippen MR) is 66.3 cm³/mol. The van der Waals surface area contributed by atoms with Crippen LogP contribution in [0.5, 0.6) is 5.75 Å². The third-order valence-corrected chi connectivity index (χ3v) is 3.10. The first kappa shape index (κ1) is 12.2. The Balaban J connectivity index is 1.92. The molecule has 0 heterocycles. The average Bonchev–Trinajstić information content (AvgIpc) is 2.28. The zero-order chi connectivity index (χ0) is 12.3. The highest BCUT2D eigenvalue weighted by molar-refractivity contribution is 5.49. The molecule has 17 heavy (non-hydrogen) atoms. The summed E-state index contributed by atoms with van der Waals surface area (Å²) in [4.78, 5) is 0. The van der Waals surface area contributed by atoms with Gasteiger partial charge in [0, 0.05) is 25.5 Å². The lowest BCUT2D eigenvalue weighted by molar-refractivity contribution is -0.118. The van der Waals surface area contributed by atoms with E-state index in [0.717, 1.165) is 12.1 Å². The standard InChI is InChI=1S/C13H19NO3/c1-3-17-12-8-11(13(12)16-2)14-9-5-4-6-10(15)7-9/h4-7,11-15H,3,8H2,1-2H3. The quantitative estimate of drug-likeness (QED) is 0.822. The zero-order valence-corrected chi connectivity index (χ0v) is 10.2. The molecular formula is C13H19NO3. The summed E-state index contributed by atoms with van der Waals surface area (Å²) in [5, 5.41) is 12.7. The molecule has 94 valence electrons. The van der Waals surface area contributed by atoms with Crippen LogP contribution in [0.1, 0.15) is 13.3 Å². The molecule has 2 N–H and O–H groups in total. The van der Waals surface area contributed by atoms with E-state index in [1.807, 2.05) is 19.1 Å². The Bertz CT molecular complexity index is 369. The van der Waals surface area contributed by atoms with Crippen LogP contribution in [0, 0.1) is 0 Å². The van der Waals surface area contributed by atoms with Gasteiger partial charge < -0.3 is 19.9 Å². The SMILES string of the molecule is CCOC1CC(Nc2cccc(O)c2)C1OC. The van der Waals surface area contributed by atoms with Crippen molar-refractivity contribution in [3.63, 3.8) is 0 Å². The summed E-state index contributed by atoms with van der Waals surface area (Å²) in [5.74, 6) is 0.268. The first-order valence-electron chi connectivity index (χ1n) is 5.94. The molecule has 1 aliphatic carbocycles. The minimum atomic E-state index is 0.0808. The molecule has 1 saturated carbocycles. The Hall–Kier alpha value is -1.26. The minimum Gasteiger partial charge on any atom is -0.508 e. The molecule has 0 saturated heterocycles. The summed E-state index contributed by atoms with van der Waals surface area (Å²) < 4.78 is 11.0. The molecule has 1 aromatic rings. The van der Waals surface area contributed by atoms with E-state index in [-0.39, 0.29) is 24.0 Å². The summed E-state index contributed by atoms with van der Waals surface area (Å²) in [7, 11) is 1.70. The monoisotopic (exact) mass is 237 g/mol. The van der Waals surface area contributed by atoms with E-state index in [2.05, 4.69) is 5.32 Å².